The van der Waals surface area contributed by atoms with Crippen molar-refractivity contribution < 1.29 is 23.5 Å². The van der Waals surface area contributed by atoms with Crippen molar-refractivity contribution in [3.63, 3.8) is 0 Å². The summed E-state index contributed by atoms with van der Waals surface area (Å²) in [6.07, 6.45) is 39.4. The fourth-order valence-corrected chi connectivity index (χ4v) is 6.92. The van der Waals surface area contributed by atoms with Gasteiger partial charge in [0.15, 0.2) is 0 Å². The molecule has 0 saturated carbocycles. The Kier molecular flexibility index (Phi) is 35.9. The van der Waals surface area contributed by atoms with E-state index in [4.69, 9.17) is 9.47 Å². The molecule has 0 radical (unpaired) electrons. The first kappa shape index (κ1) is 47.9. The molecular weight excluding hydrogens is 606 g/mol. The van der Waals surface area contributed by atoms with E-state index in [2.05, 4.69) is 34.9 Å². The van der Waals surface area contributed by atoms with Crippen molar-refractivity contribution in [2.75, 3.05) is 33.8 Å². The van der Waals surface area contributed by atoms with Crippen molar-refractivity contribution in [3.05, 3.63) is 0 Å². The van der Waals surface area contributed by atoms with Gasteiger partial charge in [-0.1, -0.05) is 149 Å². The van der Waals surface area contributed by atoms with Crippen molar-refractivity contribution >= 4 is 11.9 Å². The molecule has 0 spiro atoms. The maximum Gasteiger partial charge on any atom is 0.306 e. The van der Waals surface area contributed by atoms with Gasteiger partial charge < -0.3 is 14.0 Å². The van der Waals surface area contributed by atoms with Gasteiger partial charge in [-0.05, 0) is 70.6 Å². The number of ether oxygens (including phenoxy) is 2. The number of carbonyl (C=O) groups excluding carboxylic acids is 2. The molecule has 5 nitrogen and oxygen atoms in total. The number of esters is 2. The zero-order valence-electron chi connectivity index (χ0n) is 34.1. The van der Waals surface area contributed by atoms with Crippen LogP contribution in [-0.2, 0) is 19.1 Å². The molecule has 0 aromatic heterocycles. The lowest BCUT2D eigenvalue weighted by Gasteiger charge is -2.30. The minimum Gasteiger partial charge on any atom is -0.466 e. The lowest BCUT2D eigenvalue weighted by Crippen LogP contribution is -2.41. The average Bonchev–Trinajstić information content (AvgIpc) is 3.07. The van der Waals surface area contributed by atoms with Crippen LogP contribution in [0.3, 0.4) is 0 Å². The average molecular weight is 695 g/mol. The van der Waals surface area contributed by atoms with E-state index in [1.807, 2.05) is 0 Å². The smallest absolute Gasteiger partial charge is 0.306 e. The summed E-state index contributed by atoms with van der Waals surface area (Å²) in [5.41, 5.74) is 0. The van der Waals surface area contributed by atoms with Crippen LogP contribution in [-0.4, -0.2) is 56.3 Å². The van der Waals surface area contributed by atoms with Crippen molar-refractivity contribution in [1.82, 2.24) is 0 Å². The Morgan fingerprint density at radius 1 is 0.429 bits per heavy atom. The Morgan fingerprint density at radius 2 is 0.776 bits per heavy atom. The molecule has 0 rings (SSSR count). The highest BCUT2D eigenvalue weighted by atomic mass is 16.5. The SMILES string of the molecule is CCCCCCCCCOC(=O)CCCCCCC[N+](C)(C)CCCCCCCC(=O)OC(CCCCCCCC)CCCCCCCC. The topological polar surface area (TPSA) is 52.6 Å². The van der Waals surface area contributed by atoms with Crippen LogP contribution >= 0.6 is 0 Å². The van der Waals surface area contributed by atoms with Crippen LogP contribution in [0, 0.1) is 0 Å². The van der Waals surface area contributed by atoms with Crippen LogP contribution in [0.1, 0.15) is 233 Å². The Morgan fingerprint density at radius 3 is 1.22 bits per heavy atom. The van der Waals surface area contributed by atoms with Gasteiger partial charge in [0.1, 0.15) is 6.10 Å². The Labute approximate surface area is 307 Å². The summed E-state index contributed by atoms with van der Waals surface area (Å²) in [4.78, 5) is 24.6. The maximum absolute atomic E-state index is 12.7. The second-order valence-electron chi connectivity index (χ2n) is 16.0. The molecule has 0 aromatic rings. The predicted molar refractivity (Wildman–Crippen MR) is 212 cm³/mol. The van der Waals surface area contributed by atoms with Gasteiger partial charge in [-0.15, -0.1) is 0 Å². The van der Waals surface area contributed by atoms with Gasteiger partial charge in [-0.25, -0.2) is 0 Å². The van der Waals surface area contributed by atoms with E-state index in [0.717, 1.165) is 49.4 Å². The lowest BCUT2D eigenvalue weighted by atomic mass is 10.0. The Bertz CT molecular complexity index is 693. The van der Waals surface area contributed by atoms with Gasteiger partial charge in [0.2, 0.25) is 0 Å². The minimum absolute atomic E-state index is 0.00467. The van der Waals surface area contributed by atoms with Crippen LogP contribution in [0.5, 0.6) is 0 Å². The van der Waals surface area contributed by atoms with E-state index in [1.165, 1.54) is 167 Å². The van der Waals surface area contributed by atoms with Crippen LogP contribution in [0.15, 0.2) is 0 Å². The van der Waals surface area contributed by atoms with Gasteiger partial charge in [0, 0.05) is 12.8 Å². The maximum atomic E-state index is 12.7. The zero-order valence-corrected chi connectivity index (χ0v) is 34.1. The first-order valence-electron chi connectivity index (χ1n) is 22.0. The van der Waals surface area contributed by atoms with Crippen molar-refractivity contribution in [2.24, 2.45) is 0 Å². The molecule has 49 heavy (non-hydrogen) atoms. The van der Waals surface area contributed by atoms with E-state index in [0.29, 0.717) is 19.4 Å². The fraction of sp³-hybridized carbons (Fsp3) is 0.955. The predicted octanol–water partition coefficient (Wildman–Crippen LogP) is 13.5. The summed E-state index contributed by atoms with van der Waals surface area (Å²) in [7, 11) is 4.73. The molecule has 0 unspecified atom stereocenters. The monoisotopic (exact) mass is 695 g/mol. The molecule has 0 aliphatic heterocycles. The summed E-state index contributed by atoms with van der Waals surface area (Å²) in [6.45, 7) is 9.84. The number of hydrogen-bond acceptors (Lipinski definition) is 4. The van der Waals surface area contributed by atoms with Crippen molar-refractivity contribution in [2.45, 2.75) is 239 Å². The van der Waals surface area contributed by atoms with Gasteiger partial charge in [0.25, 0.3) is 0 Å². The van der Waals surface area contributed by atoms with Crippen LogP contribution in [0.2, 0.25) is 0 Å². The summed E-state index contributed by atoms with van der Waals surface area (Å²) in [5, 5.41) is 0. The number of rotatable bonds is 39. The van der Waals surface area contributed by atoms with E-state index >= 15 is 0 Å². The highest BCUT2D eigenvalue weighted by molar-refractivity contribution is 5.69. The highest BCUT2D eigenvalue weighted by Gasteiger charge is 2.16. The number of quaternary nitrogens is 1. The van der Waals surface area contributed by atoms with E-state index < -0.39 is 0 Å². The molecule has 0 aliphatic carbocycles. The largest absolute Gasteiger partial charge is 0.466 e. The van der Waals surface area contributed by atoms with Gasteiger partial charge >= 0.3 is 11.9 Å². The zero-order chi connectivity index (χ0) is 36.1. The standard InChI is InChI=1S/C44H88NO4/c1-6-9-12-15-18-27-34-41-48-43(46)37-30-23-19-25-32-39-45(4,5)40-33-26-20-24-31-38-44(47)49-42(35-28-21-16-13-10-7-2)36-29-22-17-14-11-8-3/h42H,6-41H2,1-5H3/q+1. The summed E-state index contributed by atoms with van der Waals surface area (Å²) >= 11 is 0. The van der Waals surface area contributed by atoms with Gasteiger partial charge in [-0.2, -0.15) is 0 Å². The normalized spacial score (nSPS) is 11.8. The van der Waals surface area contributed by atoms with Gasteiger partial charge in [0.05, 0.1) is 33.8 Å². The van der Waals surface area contributed by atoms with E-state index in [9.17, 15) is 9.59 Å². The molecule has 0 heterocycles. The molecule has 0 atom stereocenters. The molecule has 0 aromatic carbocycles. The molecule has 0 N–H and O–H groups in total. The molecular formula is C44H88NO4+. The molecule has 0 amide bonds. The molecule has 0 fully saturated rings. The first-order valence-corrected chi connectivity index (χ1v) is 22.0. The van der Waals surface area contributed by atoms with Gasteiger partial charge in [-0.3, -0.25) is 9.59 Å². The van der Waals surface area contributed by atoms with Crippen LogP contribution < -0.4 is 0 Å². The second-order valence-corrected chi connectivity index (χ2v) is 16.0. The summed E-state index contributed by atoms with van der Waals surface area (Å²) in [5.74, 6) is 0.0356. The third kappa shape index (κ3) is 36.5. The van der Waals surface area contributed by atoms with Crippen LogP contribution in [0.4, 0.5) is 0 Å². The van der Waals surface area contributed by atoms with E-state index in [-0.39, 0.29) is 18.0 Å². The third-order valence-electron chi connectivity index (χ3n) is 10.4. The Hall–Kier alpha value is -1.10. The lowest BCUT2D eigenvalue weighted by molar-refractivity contribution is -0.890. The third-order valence-corrected chi connectivity index (χ3v) is 10.4. The minimum atomic E-state index is -0.00467. The number of nitrogens with zero attached hydrogens (tertiary/aromatic N) is 1. The molecule has 0 saturated heterocycles. The summed E-state index contributed by atoms with van der Waals surface area (Å²) < 4.78 is 12.5. The molecule has 0 aliphatic rings. The molecule has 0 bridgehead atoms. The number of carbonyl (C=O) groups is 2. The highest BCUT2D eigenvalue weighted by Crippen LogP contribution is 2.19. The fourth-order valence-electron chi connectivity index (χ4n) is 6.92. The first-order chi connectivity index (χ1) is 23.8. The molecule has 292 valence electrons. The quantitative estimate of drug-likeness (QED) is 0.0365. The van der Waals surface area contributed by atoms with E-state index in [1.54, 1.807) is 0 Å². The van der Waals surface area contributed by atoms with Crippen molar-refractivity contribution in [3.8, 4) is 0 Å². The number of hydrogen-bond donors (Lipinski definition) is 0. The van der Waals surface area contributed by atoms with Crippen LogP contribution in [0.25, 0.3) is 0 Å². The molecule has 5 heteroatoms. The van der Waals surface area contributed by atoms with Crippen molar-refractivity contribution in [1.29, 1.82) is 0 Å². The Balaban J connectivity index is 3.86. The number of unbranched alkanes of at least 4 members (excludes halogenated alkanes) is 24. The summed E-state index contributed by atoms with van der Waals surface area (Å²) in [6, 6.07) is 0. The second kappa shape index (κ2) is 36.7.